The molecular weight excluding hydrogens is 262 g/mol. The maximum absolute atomic E-state index is 12.0. The largest absolute Gasteiger partial charge is 0.481 e. The highest BCUT2D eigenvalue weighted by Gasteiger charge is 2.22. The second-order valence-corrected chi connectivity index (χ2v) is 4.60. The monoisotopic (exact) mass is 277 g/mol. The van der Waals surface area contributed by atoms with Crippen molar-refractivity contribution < 1.29 is 14.4 Å². The van der Waals surface area contributed by atoms with Gasteiger partial charge in [0.1, 0.15) is 0 Å². The molecule has 7 heteroatoms. The molecule has 2 aromatic heterocycles. The van der Waals surface area contributed by atoms with Crippen LogP contribution in [-0.2, 0) is 11.3 Å². The molecule has 0 aliphatic rings. The normalized spacial score (nSPS) is 12.3. The summed E-state index contributed by atoms with van der Waals surface area (Å²) in [5.41, 5.74) is 1.14. The number of carboxylic acids is 1. The molecule has 1 unspecified atom stereocenters. The zero-order valence-corrected chi connectivity index (χ0v) is 11.5. The third kappa shape index (κ3) is 2.47. The van der Waals surface area contributed by atoms with E-state index in [0.717, 1.165) is 0 Å². The minimum absolute atomic E-state index is 0.178. The van der Waals surface area contributed by atoms with Gasteiger partial charge in [0.2, 0.25) is 0 Å². The summed E-state index contributed by atoms with van der Waals surface area (Å²) in [6.07, 6.45) is 1.48. The number of hydrogen-bond donors (Lipinski definition) is 1. The van der Waals surface area contributed by atoms with Gasteiger partial charge in [0.05, 0.1) is 18.7 Å². The Hall–Kier alpha value is -2.44. The van der Waals surface area contributed by atoms with E-state index in [1.54, 1.807) is 26.8 Å². The van der Waals surface area contributed by atoms with E-state index < -0.39 is 17.6 Å². The van der Waals surface area contributed by atoms with E-state index in [1.807, 2.05) is 0 Å². The van der Waals surface area contributed by atoms with Crippen LogP contribution < -0.4 is 5.69 Å². The number of carbonyl (C=O) groups is 1. The van der Waals surface area contributed by atoms with Crippen LogP contribution in [0.1, 0.15) is 35.6 Å². The molecule has 0 fully saturated rings. The van der Waals surface area contributed by atoms with Gasteiger partial charge in [-0.1, -0.05) is 5.16 Å². The van der Waals surface area contributed by atoms with E-state index in [-0.39, 0.29) is 6.54 Å². The Bertz CT molecular complexity index is 688. The van der Waals surface area contributed by atoms with Gasteiger partial charge in [0.15, 0.2) is 5.76 Å². The predicted octanol–water partition coefficient (Wildman–Crippen LogP) is 1.08. The molecule has 2 rings (SSSR count). The molecule has 2 heterocycles. The average Bonchev–Trinajstić information content (AvgIpc) is 2.86. The fourth-order valence-corrected chi connectivity index (χ4v) is 2.23. The SMILES string of the molecule is Cc1nc(=O)n(Cc2ccno2)c(C)c1C(C)C(=O)O. The van der Waals surface area contributed by atoms with Gasteiger partial charge in [-0.05, 0) is 20.8 Å². The van der Waals surface area contributed by atoms with Gasteiger partial charge in [-0.2, -0.15) is 4.98 Å². The minimum Gasteiger partial charge on any atom is -0.481 e. The number of nitrogens with zero attached hydrogens (tertiary/aromatic N) is 3. The van der Waals surface area contributed by atoms with E-state index in [2.05, 4.69) is 10.1 Å². The zero-order valence-electron chi connectivity index (χ0n) is 11.5. The average molecular weight is 277 g/mol. The third-order valence-electron chi connectivity index (χ3n) is 3.29. The van der Waals surface area contributed by atoms with Gasteiger partial charge in [-0.3, -0.25) is 9.36 Å². The zero-order chi connectivity index (χ0) is 14.9. The molecular formula is C13H15N3O4. The number of hydrogen-bond acceptors (Lipinski definition) is 5. The van der Waals surface area contributed by atoms with E-state index in [9.17, 15) is 9.59 Å². The van der Waals surface area contributed by atoms with Gasteiger partial charge in [-0.15, -0.1) is 0 Å². The molecule has 0 aliphatic heterocycles. The first-order valence-corrected chi connectivity index (χ1v) is 6.12. The molecule has 0 bridgehead atoms. The summed E-state index contributed by atoms with van der Waals surface area (Å²) < 4.78 is 6.36. The summed E-state index contributed by atoms with van der Waals surface area (Å²) in [5, 5.41) is 12.7. The van der Waals surface area contributed by atoms with E-state index in [0.29, 0.717) is 22.7 Å². The number of rotatable bonds is 4. The summed E-state index contributed by atoms with van der Waals surface area (Å²) >= 11 is 0. The number of carboxylic acid groups (broad SMARTS) is 1. The molecule has 0 aromatic carbocycles. The fraction of sp³-hybridized carbons (Fsp3) is 0.385. The van der Waals surface area contributed by atoms with Crippen molar-refractivity contribution in [3.05, 3.63) is 45.5 Å². The molecule has 0 saturated carbocycles. The molecule has 0 saturated heterocycles. The van der Waals surface area contributed by atoms with Crippen molar-refractivity contribution in [2.45, 2.75) is 33.2 Å². The van der Waals surface area contributed by atoms with Crippen LogP contribution in [-0.4, -0.2) is 25.8 Å². The lowest BCUT2D eigenvalue weighted by Crippen LogP contribution is -2.29. The Labute approximate surface area is 114 Å². The highest BCUT2D eigenvalue weighted by atomic mass is 16.5. The first-order chi connectivity index (χ1) is 9.41. The molecule has 2 aromatic rings. The van der Waals surface area contributed by atoms with Crippen LogP contribution in [0.5, 0.6) is 0 Å². The van der Waals surface area contributed by atoms with Crippen LogP contribution in [0, 0.1) is 13.8 Å². The van der Waals surface area contributed by atoms with Gasteiger partial charge in [0, 0.05) is 23.0 Å². The number of aliphatic carboxylic acids is 1. The van der Waals surface area contributed by atoms with Crippen molar-refractivity contribution in [3.8, 4) is 0 Å². The Balaban J connectivity index is 2.55. The summed E-state index contributed by atoms with van der Waals surface area (Å²) in [7, 11) is 0. The van der Waals surface area contributed by atoms with Crippen LogP contribution in [0.3, 0.4) is 0 Å². The van der Waals surface area contributed by atoms with Gasteiger partial charge in [-0.25, -0.2) is 4.79 Å². The summed E-state index contributed by atoms with van der Waals surface area (Å²) in [4.78, 5) is 27.0. The summed E-state index contributed by atoms with van der Waals surface area (Å²) in [6, 6.07) is 1.64. The topological polar surface area (TPSA) is 98.2 Å². The number of aromatic nitrogens is 3. The number of aryl methyl sites for hydroxylation is 1. The Morgan fingerprint density at radius 1 is 1.50 bits per heavy atom. The first-order valence-electron chi connectivity index (χ1n) is 6.12. The van der Waals surface area contributed by atoms with Crippen LogP contribution in [0.25, 0.3) is 0 Å². The lowest BCUT2D eigenvalue weighted by Gasteiger charge is -2.17. The molecule has 0 radical (unpaired) electrons. The Morgan fingerprint density at radius 3 is 2.75 bits per heavy atom. The minimum atomic E-state index is -0.956. The first kappa shape index (κ1) is 14.0. The Kier molecular flexibility index (Phi) is 3.69. The van der Waals surface area contributed by atoms with Crippen LogP contribution in [0.15, 0.2) is 21.6 Å². The van der Waals surface area contributed by atoms with Crippen molar-refractivity contribution in [1.82, 2.24) is 14.7 Å². The molecule has 20 heavy (non-hydrogen) atoms. The fourth-order valence-electron chi connectivity index (χ4n) is 2.23. The summed E-state index contributed by atoms with van der Waals surface area (Å²) in [5.74, 6) is -1.18. The smallest absolute Gasteiger partial charge is 0.348 e. The quantitative estimate of drug-likeness (QED) is 0.898. The van der Waals surface area contributed by atoms with Crippen molar-refractivity contribution in [2.24, 2.45) is 0 Å². The van der Waals surface area contributed by atoms with E-state index >= 15 is 0 Å². The molecule has 1 N–H and O–H groups in total. The van der Waals surface area contributed by atoms with E-state index in [1.165, 1.54) is 10.8 Å². The lowest BCUT2D eigenvalue weighted by molar-refractivity contribution is -0.138. The predicted molar refractivity (Wildman–Crippen MR) is 69.6 cm³/mol. The second-order valence-electron chi connectivity index (χ2n) is 4.60. The second kappa shape index (κ2) is 5.28. The molecule has 1 atom stereocenters. The molecule has 7 nitrogen and oxygen atoms in total. The molecule has 0 aliphatic carbocycles. The standard InChI is InChI=1S/C13H15N3O4/c1-7(12(17)18)11-8(2)15-13(19)16(9(11)3)6-10-4-5-14-20-10/h4-5,7H,6H2,1-3H3,(H,17,18). The van der Waals surface area contributed by atoms with Gasteiger partial charge in [0.25, 0.3) is 0 Å². The van der Waals surface area contributed by atoms with Crippen LogP contribution >= 0.6 is 0 Å². The maximum atomic E-state index is 12.0. The Morgan fingerprint density at radius 2 is 2.20 bits per heavy atom. The molecule has 106 valence electrons. The van der Waals surface area contributed by atoms with Crippen molar-refractivity contribution >= 4 is 5.97 Å². The van der Waals surface area contributed by atoms with Crippen molar-refractivity contribution in [2.75, 3.05) is 0 Å². The van der Waals surface area contributed by atoms with Crippen LogP contribution in [0.2, 0.25) is 0 Å². The maximum Gasteiger partial charge on any atom is 0.348 e. The van der Waals surface area contributed by atoms with Gasteiger partial charge < -0.3 is 9.63 Å². The van der Waals surface area contributed by atoms with Crippen molar-refractivity contribution in [3.63, 3.8) is 0 Å². The third-order valence-corrected chi connectivity index (χ3v) is 3.29. The summed E-state index contributed by atoms with van der Waals surface area (Å²) in [6.45, 7) is 5.10. The molecule has 0 spiro atoms. The highest BCUT2D eigenvalue weighted by molar-refractivity contribution is 5.76. The lowest BCUT2D eigenvalue weighted by atomic mass is 9.98. The van der Waals surface area contributed by atoms with E-state index in [4.69, 9.17) is 9.63 Å². The van der Waals surface area contributed by atoms with Crippen molar-refractivity contribution in [1.29, 1.82) is 0 Å². The highest BCUT2D eigenvalue weighted by Crippen LogP contribution is 2.21. The molecule has 0 amide bonds. The van der Waals surface area contributed by atoms with Crippen LogP contribution in [0.4, 0.5) is 0 Å². The van der Waals surface area contributed by atoms with Gasteiger partial charge >= 0.3 is 11.7 Å².